The number of nitrogens with zero attached hydrogens (tertiary/aromatic N) is 1. The third-order valence-electron chi connectivity index (χ3n) is 5.62. The monoisotopic (exact) mass is 280 g/mol. The predicted molar refractivity (Wildman–Crippen MR) is 88.0 cm³/mol. The molecule has 2 nitrogen and oxygen atoms in total. The Bertz CT molecular complexity index is 294. The maximum atomic E-state index is 3.84. The third kappa shape index (κ3) is 3.98. The molecule has 2 heteroatoms. The molecular weight excluding hydrogens is 244 g/mol. The van der Waals surface area contributed by atoms with Gasteiger partial charge in [0.2, 0.25) is 0 Å². The van der Waals surface area contributed by atoms with Crippen molar-refractivity contribution in [1.29, 1.82) is 0 Å². The van der Waals surface area contributed by atoms with Crippen LogP contribution in [0.15, 0.2) is 0 Å². The second-order valence-electron chi connectivity index (χ2n) is 8.39. The molecule has 2 aliphatic rings. The molecule has 1 aliphatic carbocycles. The first-order valence-corrected chi connectivity index (χ1v) is 8.89. The van der Waals surface area contributed by atoms with E-state index in [1.54, 1.807) is 0 Å². The fourth-order valence-electron chi connectivity index (χ4n) is 4.18. The second kappa shape index (κ2) is 6.79. The highest BCUT2D eigenvalue weighted by Gasteiger charge is 2.39. The Morgan fingerprint density at radius 2 is 1.90 bits per heavy atom. The summed E-state index contributed by atoms with van der Waals surface area (Å²) < 4.78 is 0. The van der Waals surface area contributed by atoms with Crippen molar-refractivity contribution < 1.29 is 0 Å². The highest BCUT2D eigenvalue weighted by molar-refractivity contribution is 4.95. The first-order chi connectivity index (χ1) is 9.41. The van der Waals surface area contributed by atoms with Gasteiger partial charge in [-0.25, -0.2) is 0 Å². The smallest absolute Gasteiger partial charge is 0.0252 e. The molecule has 1 saturated carbocycles. The van der Waals surface area contributed by atoms with Crippen LogP contribution in [-0.4, -0.2) is 36.6 Å². The third-order valence-corrected chi connectivity index (χ3v) is 5.62. The molecule has 0 aromatic carbocycles. The van der Waals surface area contributed by atoms with Gasteiger partial charge < -0.3 is 5.32 Å². The Balaban J connectivity index is 2.02. The maximum Gasteiger partial charge on any atom is 0.0252 e. The number of hydrogen-bond acceptors (Lipinski definition) is 2. The molecule has 0 aromatic heterocycles. The highest BCUT2D eigenvalue weighted by atomic mass is 15.2. The zero-order valence-corrected chi connectivity index (χ0v) is 14.4. The van der Waals surface area contributed by atoms with Gasteiger partial charge in [-0.15, -0.1) is 0 Å². The minimum absolute atomic E-state index is 0.472. The quantitative estimate of drug-likeness (QED) is 0.840. The van der Waals surface area contributed by atoms with Crippen LogP contribution in [0, 0.1) is 17.3 Å². The van der Waals surface area contributed by atoms with Crippen LogP contribution < -0.4 is 5.32 Å². The van der Waals surface area contributed by atoms with Crippen molar-refractivity contribution in [1.82, 2.24) is 10.2 Å². The van der Waals surface area contributed by atoms with Gasteiger partial charge in [0.25, 0.3) is 0 Å². The zero-order valence-electron chi connectivity index (χ0n) is 14.4. The highest BCUT2D eigenvalue weighted by Crippen LogP contribution is 2.40. The lowest BCUT2D eigenvalue weighted by atomic mass is 9.69. The average molecular weight is 280 g/mol. The summed E-state index contributed by atoms with van der Waals surface area (Å²) in [5.41, 5.74) is 0.472. The number of likely N-dealkylation sites (tertiary alicyclic amines) is 1. The van der Waals surface area contributed by atoms with Crippen LogP contribution in [0.2, 0.25) is 0 Å². The zero-order chi connectivity index (χ0) is 14.8. The fraction of sp³-hybridized carbons (Fsp3) is 1.00. The molecule has 1 N–H and O–H groups in total. The molecule has 118 valence electrons. The molecule has 20 heavy (non-hydrogen) atoms. The normalized spacial score (nSPS) is 36.5. The Labute approximate surface area is 126 Å². The standard InChI is InChI=1S/C18H36N2/c1-6-10-19-16-8-7-15(18(3,4)5)12-17(16)20-11-9-14(2)13-20/h14-17,19H,6-13H2,1-5H3. The minimum Gasteiger partial charge on any atom is -0.312 e. The van der Waals surface area contributed by atoms with Crippen LogP contribution in [-0.2, 0) is 0 Å². The van der Waals surface area contributed by atoms with Crippen molar-refractivity contribution in [2.45, 2.75) is 78.8 Å². The topological polar surface area (TPSA) is 15.3 Å². The van der Waals surface area contributed by atoms with E-state index in [9.17, 15) is 0 Å². The molecule has 4 atom stereocenters. The molecule has 1 saturated heterocycles. The molecule has 2 fully saturated rings. The Morgan fingerprint density at radius 3 is 2.45 bits per heavy atom. The molecule has 0 spiro atoms. The van der Waals surface area contributed by atoms with Crippen LogP contribution in [0.4, 0.5) is 0 Å². The van der Waals surface area contributed by atoms with Crippen LogP contribution in [0.1, 0.15) is 66.7 Å². The van der Waals surface area contributed by atoms with Gasteiger partial charge in [-0.3, -0.25) is 4.90 Å². The summed E-state index contributed by atoms with van der Waals surface area (Å²) in [7, 11) is 0. The van der Waals surface area contributed by atoms with E-state index in [-0.39, 0.29) is 0 Å². The second-order valence-corrected chi connectivity index (χ2v) is 8.39. The summed E-state index contributed by atoms with van der Waals surface area (Å²) in [5.74, 6) is 1.79. The summed E-state index contributed by atoms with van der Waals surface area (Å²) in [6.45, 7) is 15.8. The number of nitrogens with one attached hydrogen (secondary N) is 1. The molecule has 0 bridgehead atoms. The molecule has 4 unspecified atom stereocenters. The molecule has 0 amide bonds. The summed E-state index contributed by atoms with van der Waals surface area (Å²) in [4.78, 5) is 2.80. The van der Waals surface area contributed by atoms with E-state index in [0.29, 0.717) is 5.41 Å². The largest absolute Gasteiger partial charge is 0.312 e. The van der Waals surface area contributed by atoms with Gasteiger partial charge in [-0.1, -0.05) is 34.6 Å². The van der Waals surface area contributed by atoms with Crippen molar-refractivity contribution >= 4 is 0 Å². The maximum absolute atomic E-state index is 3.84. The lowest BCUT2D eigenvalue weighted by Crippen LogP contribution is -2.54. The van der Waals surface area contributed by atoms with Gasteiger partial charge in [0.15, 0.2) is 0 Å². The van der Waals surface area contributed by atoms with E-state index in [0.717, 1.165) is 23.9 Å². The molecular formula is C18H36N2. The van der Waals surface area contributed by atoms with E-state index in [2.05, 4.69) is 44.8 Å². The van der Waals surface area contributed by atoms with Crippen LogP contribution in [0.5, 0.6) is 0 Å². The van der Waals surface area contributed by atoms with E-state index >= 15 is 0 Å². The van der Waals surface area contributed by atoms with Gasteiger partial charge in [0, 0.05) is 18.6 Å². The molecule has 0 aromatic rings. The number of rotatable bonds is 4. The SMILES string of the molecule is CCCNC1CCC(C(C)(C)C)CC1N1CCC(C)C1. The van der Waals surface area contributed by atoms with E-state index < -0.39 is 0 Å². The van der Waals surface area contributed by atoms with E-state index in [4.69, 9.17) is 0 Å². The Hall–Kier alpha value is -0.0800. The molecule has 1 aliphatic heterocycles. The lowest BCUT2D eigenvalue weighted by Gasteiger charge is -2.45. The first kappa shape index (κ1) is 16.3. The summed E-state index contributed by atoms with van der Waals surface area (Å²) in [5, 5.41) is 3.84. The van der Waals surface area contributed by atoms with Crippen LogP contribution >= 0.6 is 0 Å². The van der Waals surface area contributed by atoms with Gasteiger partial charge >= 0.3 is 0 Å². The molecule has 0 radical (unpaired) electrons. The van der Waals surface area contributed by atoms with Gasteiger partial charge in [-0.05, 0) is 62.4 Å². The van der Waals surface area contributed by atoms with Gasteiger partial charge in [-0.2, -0.15) is 0 Å². The average Bonchev–Trinajstić information content (AvgIpc) is 2.81. The van der Waals surface area contributed by atoms with E-state index in [1.165, 1.54) is 51.7 Å². The lowest BCUT2D eigenvalue weighted by molar-refractivity contribution is 0.0696. The van der Waals surface area contributed by atoms with Gasteiger partial charge in [0.05, 0.1) is 0 Å². The van der Waals surface area contributed by atoms with E-state index in [1.807, 2.05) is 0 Å². The summed E-state index contributed by atoms with van der Waals surface area (Å²) in [6, 6.07) is 1.52. The minimum atomic E-state index is 0.472. The van der Waals surface area contributed by atoms with Crippen molar-refractivity contribution in [3.05, 3.63) is 0 Å². The molecule has 1 heterocycles. The summed E-state index contributed by atoms with van der Waals surface area (Å²) in [6.07, 6.45) is 6.83. The number of hydrogen-bond donors (Lipinski definition) is 1. The molecule has 2 rings (SSSR count). The van der Waals surface area contributed by atoms with Crippen LogP contribution in [0.25, 0.3) is 0 Å². The van der Waals surface area contributed by atoms with Crippen molar-refractivity contribution in [2.75, 3.05) is 19.6 Å². The van der Waals surface area contributed by atoms with Crippen molar-refractivity contribution in [2.24, 2.45) is 17.3 Å². The Morgan fingerprint density at radius 1 is 1.15 bits per heavy atom. The first-order valence-electron chi connectivity index (χ1n) is 8.89. The summed E-state index contributed by atoms with van der Waals surface area (Å²) >= 11 is 0. The predicted octanol–water partition coefficient (Wildman–Crippen LogP) is 3.91. The van der Waals surface area contributed by atoms with Crippen LogP contribution in [0.3, 0.4) is 0 Å². The van der Waals surface area contributed by atoms with Crippen molar-refractivity contribution in [3.8, 4) is 0 Å². The fourth-order valence-corrected chi connectivity index (χ4v) is 4.18. The van der Waals surface area contributed by atoms with Crippen molar-refractivity contribution in [3.63, 3.8) is 0 Å². The van der Waals surface area contributed by atoms with Gasteiger partial charge in [0.1, 0.15) is 0 Å². The Kier molecular flexibility index (Phi) is 5.53.